The molecule has 0 fully saturated rings. The quantitative estimate of drug-likeness (QED) is 0.910. The zero-order valence-corrected chi connectivity index (χ0v) is 11.8. The minimum atomic E-state index is -0.256. The monoisotopic (exact) mass is 274 g/mol. The van der Waals surface area contributed by atoms with E-state index in [1.54, 1.807) is 20.1 Å². The van der Waals surface area contributed by atoms with Gasteiger partial charge in [-0.25, -0.2) is 0 Å². The average molecular weight is 274 g/mol. The highest BCUT2D eigenvalue weighted by molar-refractivity contribution is 5.91. The van der Waals surface area contributed by atoms with Crippen molar-refractivity contribution >= 4 is 5.91 Å². The van der Waals surface area contributed by atoms with Crippen LogP contribution in [0.4, 0.5) is 0 Å². The number of aromatic nitrogens is 1. The van der Waals surface area contributed by atoms with Gasteiger partial charge < -0.3 is 14.6 Å². The Morgan fingerprint density at radius 3 is 2.60 bits per heavy atom. The minimum Gasteiger partial charge on any atom is -0.497 e. The van der Waals surface area contributed by atoms with Crippen molar-refractivity contribution in [2.24, 2.45) is 0 Å². The van der Waals surface area contributed by atoms with Gasteiger partial charge in [-0.15, -0.1) is 0 Å². The van der Waals surface area contributed by atoms with Crippen LogP contribution in [0.5, 0.6) is 5.75 Å². The fraction of sp³-hybridized carbons (Fsp3) is 0.333. The van der Waals surface area contributed by atoms with Crippen LogP contribution < -0.4 is 10.1 Å². The number of ether oxygens (including phenoxy) is 1. The number of methoxy groups -OCH3 is 1. The molecule has 1 N–H and O–H groups in total. The molecular formula is C15H18N2O3. The number of hydrogen-bond acceptors (Lipinski definition) is 4. The third-order valence-electron chi connectivity index (χ3n) is 3.08. The lowest BCUT2D eigenvalue weighted by atomic mass is 10.0. The number of nitrogens with zero attached hydrogens (tertiary/aromatic N) is 1. The first-order chi connectivity index (χ1) is 9.63. The molecule has 0 spiro atoms. The van der Waals surface area contributed by atoms with Gasteiger partial charge in [0.15, 0.2) is 0 Å². The van der Waals surface area contributed by atoms with E-state index in [2.05, 4.69) is 10.5 Å². The molecule has 5 heteroatoms. The number of carbonyl (C=O) groups is 1. The zero-order valence-electron chi connectivity index (χ0n) is 11.8. The molecule has 1 amide bonds. The van der Waals surface area contributed by atoms with Crippen molar-refractivity contribution < 1.29 is 14.1 Å². The predicted octanol–water partition coefficient (Wildman–Crippen LogP) is 2.87. The van der Waals surface area contributed by atoms with Crippen LogP contribution in [0.2, 0.25) is 0 Å². The van der Waals surface area contributed by atoms with Crippen molar-refractivity contribution in [1.29, 1.82) is 0 Å². The number of aryl methyl sites for hydroxylation is 1. The van der Waals surface area contributed by atoms with E-state index in [9.17, 15) is 4.79 Å². The van der Waals surface area contributed by atoms with Crippen LogP contribution >= 0.6 is 0 Å². The molecule has 2 rings (SSSR count). The molecule has 0 aliphatic heterocycles. The van der Waals surface area contributed by atoms with Gasteiger partial charge >= 0.3 is 0 Å². The van der Waals surface area contributed by atoms with E-state index in [1.165, 1.54) is 0 Å². The third kappa shape index (κ3) is 3.17. The Labute approximate surface area is 117 Å². The van der Waals surface area contributed by atoms with Crippen LogP contribution in [0.25, 0.3) is 0 Å². The molecule has 1 aromatic heterocycles. The SMILES string of the molecule is CCC(NC(=O)c1cc(C)no1)c1ccc(OC)cc1. The van der Waals surface area contributed by atoms with E-state index >= 15 is 0 Å². The number of benzene rings is 1. The molecular weight excluding hydrogens is 256 g/mol. The Kier molecular flexibility index (Phi) is 4.40. The number of rotatable bonds is 5. The van der Waals surface area contributed by atoms with Crippen LogP contribution in [0, 0.1) is 6.92 Å². The summed E-state index contributed by atoms with van der Waals surface area (Å²) < 4.78 is 10.1. The minimum absolute atomic E-state index is 0.0705. The van der Waals surface area contributed by atoms with Crippen LogP contribution in [-0.2, 0) is 0 Å². The Morgan fingerprint density at radius 1 is 1.40 bits per heavy atom. The van der Waals surface area contributed by atoms with Crippen molar-refractivity contribution in [2.75, 3.05) is 7.11 Å². The molecule has 1 aromatic carbocycles. The molecule has 106 valence electrons. The summed E-state index contributed by atoms with van der Waals surface area (Å²) >= 11 is 0. The molecule has 2 aromatic rings. The highest BCUT2D eigenvalue weighted by Crippen LogP contribution is 2.20. The zero-order chi connectivity index (χ0) is 14.5. The van der Waals surface area contributed by atoms with Crippen molar-refractivity contribution in [3.8, 4) is 5.75 Å². The lowest BCUT2D eigenvalue weighted by molar-refractivity contribution is 0.0898. The second-order valence-electron chi connectivity index (χ2n) is 4.54. The second-order valence-corrected chi connectivity index (χ2v) is 4.54. The number of nitrogens with one attached hydrogen (secondary N) is 1. The van der Waals surface area contributed by atoms with E-state index < -0.39 is 0 Å². The summed E-state index contributed by atoms with van der Waals surface area (Å²) in [6, 6.07) is 9.19. The first-order valence-electron chi connectivity index (χ1n) is 6.52. The standard InChI is InChI=1S/C15H18N2O3/c1-4-13(11-5-7-12(19-3)8-6-11)16-15(18)14-9-10(2)17-20-14/h5-9,13H,4H2,1-3H3,(H,16,18). The summed E-state index contributed by atoms with van der Waals surface area (Å²) in [7, 11) is 1.63. The molecule has 20 heavy (non-hydrogen) atoms. The predicted molar refractivity (Wildman–Crippen MR) is 74.7 cm³/mol. The average Bonchev–Trinajstić information content (AvgIpc) is 2.91. The van der Waals surface area contributed by atoms with Gasteiger partial charge in [0, 0.05) is 6.07 Å². The van der Waals surface area contributed by atoms with Gasteiger partial charge in [-0.1, -0.05) is 24.2 Å². The molecule has 0 aliphatic rings. The Morgan fingerprint density at radius 2 is 2.10 bits per heavy atom. The van der Waals surface area contributed by atoms with Gasteiger partial charge in [0.05, 0.1) is 18.8 Å². The fourth-order valence-corrected chi connectivity index (χ4v) is 1.96. The molecule has 0 bridgehead atoms. The Balaban J connectivity index is 2.09. The van der Waals surface area contributed by atoms with E-state index in [0.29, 0.717) is 5.69 Å². The number of amides is 1. The maximum atomic E-state index is 12.1. The summed E-state index contributed by atoms with van der Waals surface area (Å²) in [5.41, 5.74) is 1.71. The maximum Gasteiger partial charge on any atom is 0.290 e. The van der Waals surface area contributed by atoms with E-state index in [-0.39, 0.29) is 17.7 Å². The fourth-order valence-electron chi connectivity index (χ4n) is 1.96. The highest BCUT2D eigenvalue weighted by atomic mass is 16.5. The van der Waals surface area contributed by atoms with E-state index in [1.807, 2.05) is 31.2 Å². The number of hydrogen-bond donors (Lipinski definition) is 1. The third-order valence-corrected chi connectivity index (χ3v) is 3.08. The molecule has 0 saturated carbocycles. The van der Waals surface area contributed by atoms with Gasteiger partial charge in [-0.2, -0.15) is 0 Å². The molecule has 0 saturated heterocycles. The first-order valence-corrected chi connectivity index (χ1v) is 6.52. The van der Waals surface area contributed by atoms with Crippen LogP contribution in [0.15, 0.2) is 34.9 Å². The molecule has 0 aliphatic carbocycles. The maximum absolute atomic E-state index is 12.1. The van der Waals surface area contributed by atoms with Gasteiger partial charge in [0.2, 0.25) is 5.76 Å². The topological polar surface area (TPSA) is 64.4 Å². The first kappa shape index (κ1) is 14.1. The van der Waals surface area contributed by atoms with Gasteiger partial charge in [0.25, 0.3) is 5.91 Å². The molecule has 1 atom stereocenters. The molecule has 5 nitrogen and oxygen atoms in total. The molecule has 1 heterocycles. The van der Waals surface area contributed by atoms with Gasteiger partial charge in [0.1, 0.15) is 5.75 Å². The van der Waals surface area contributed by atoms with Gasteiger partial charge in [-0.05, 0) is 31.0 Å². The van der Waals surface area contributed by atoms with E-state index in [4.69, 9.17) is 9.26 Å². The van der Waals surface area contributed by atoms with Crippen molar-refractivity contribution in [2.45, 2.75) is 26.3 Å². The van der Waals surface area contributed by atoms with Crippen molar-refractivity contribution in [3.05, 3.63) is 47.3 Å². The lowest BCUT2D eigenvalue weighted by Gasteiger charge is -2.16. The summed E-state index contributed by atoms with van der Waals surface area (Å²) in [5, 5.41) is 6.65. The summed E-state index contributed by atoms with van der Waals surface area (Å²) in [6.07, 6.45) is 0.783. The molecule has 1 unspecified atom stereocenters. The number of carbonyl (C=O) groups excluding carboxylic acids is 1. The lowest BCUT2D eigenvalue weighted by Crippen LogP contribution is -2.27. The Bertz CT molecular complexity index is 575. The summed E-state index contributed by atoms with van der Waals surface area (Å²) in [6.45, 7) is 3.79. The summed E-state index contributed by atoms with van der Waals surface area (Å²) in [5.74, 6) is 0.767. The van der Waals surface area contributed by atoms with Crippen molar-refractivity contribution in [1.82, 2.24) is 10.5 Å². The second kappa shape index (κ2) is 6.23. The summed E-state index contributed by atoms with van der Waals surface area (Å²) in [4.78, 5) is 12.1. The normalized spacial score (nSPS) is 11.9. The van der Waals surface area contributed by atoms with Crippen LogP contribution in [-0.4, -0.2) is 18.2 Å². The smallest absolute Gasteiger partial charge is 0.290 e. The molecule has 0 radical (unpaired) electrons. The van der Waals surface area contributed by atoms with E-state index in [0.717, 1.165) is 17.7 Å². The van der Waals surface area contributed by atoms with Crippen LogP contribution in [0.1, 0.15) is 41.2 Å². The van der Waals surface area contributed by atoms with Crippen LogP contribution in [0.3, 0.4) is 0 Å². The largest absolute Gasteiger partial charge is 0.497 e. The Hall–Kier alpha value is -2.30. The van der Waals surface area contributed by atoms with Gasteiger partial charge in [-0.3, -0.25) is 4.79 Å². The highest BCUT2D eigenvalue weighted by Gasteiger charge is 2.17. The van der Waals surface area contributed by atoms with Crippen molar-refractivity contribution in [3.63, 3.8) is 0 Å².